The second-order valence-corrected chi connectivity index (χ2v) is 3.59. The lowest BCUT2D eigenvalue weighted by Crippen LogP contribution is -2.48. The van der Waals surface area contributed by atoms with E-state index in [1.54, 1.807) is 0 Å². The summed E-state index contributed by atoms with van der Waals surface area (Å²) in [6, 6.07) is 10.1. The van der Waals surface area contributed by atoms with Crippen molar-refractivity contribution in [1.29, 1.82) is 0 Å². The number of hydrazine groups is 1. The molecule has 1 aliphatic heterocycles. The summed E-state index contributed by atoms with van der Waals surface area (Å²) < 4.78 is 0. The quantitative estimate of drug-likeness (QED) is 0.726. The van der Waals surface area contributed by atoms with Gasteiger partial charge in [-0.3, -0.25) is 10.2 Å². The van der Waals surface area contributed by atoms with Crippen molar-refractivity contribution < 1.29 is 4.79 Å². The highest BCUT2D eigenvalue weighted by Crippen LogP contribution is 2.13. The van der Waals surface area contributed by atoms with Gasteiger partial charge in [-0.15, -0.1) is 0 Å². The molecule has 1 unspecified atom stereocenters. The van der Waals surface area contributed by atoms with E-state index in [1.165, 1.54) is 5.56 Å². The van der Waals surface area contributed by atoms with Crippen LogP contribution in [0, 0.1) is 5.92 Å². The van der Waals surface area contributed by atoms with Crippen LogP contribution in [0.1, 0.15) is 12.0 Å². The van der Waals surface area contributed by atoms with Crippen LogP contribution in [0.3, 0.4) is 0 Å². The molecular weight excluding hydrogens is 176 g/mol. The molecule has 0 aromatic heterocycles. The number of hydrogen-bond acceptors (Lipinski definition) is 2. The van der Waals surface area contributed by atoms with Crippen LogP contribution in [0.15, 0.2) is 30.3 Å². The number of amides is 1. The summed E-state index contributed by atoms with van der Waals surface area (Å²) in [4.78, 5) is 11.4. The van der Waals surface area contributed by atoms with Gasteiger partial charge in [-0.05, 0) is 18.4 Å². The van der Waals surface area contributed by atoms with Crippen LogP contribution < -0.4 is 10.9 Å². The average Bonchev–Trinajstić information content (AvgIpc) is 2.23. The summed E-state index contributed by atoms with van der Waals surface area (Å²) in [5, 5.41) is 0. The van der Waals surface area contributed by atoms with Crippen LogP contribution >= 0.6 is 0 Å². The zero-order valence-electron chi connectivity index (χ0n) is 7.99. The molecule has 0 radical (unpaired) electrons. The summed E-state index contributed by atoms with van der Waals surface area (Å²) in [5.74, 6) is 0.235. The molecule has 1 saturated heterocycles. The number of carbonyl (C=O) groups is 1. The molecule has 74 valence electrons. The number of rotatable bonds is 2. The maximum Gasteiger partial charge on any atom is 0.237 e. The van der Waals surface area contributed by atoms with E-state index in [0.717, 1.165) is 19.4 Å². The van der Waals surface area contributed by atoms with Gasteiger partial charge in [0.15, 0.2) is 0 Å². The molecule has 0 spiro atoms. The van der Waals surface area contributed by atoms with E-state index >= 15 is 0 Å². The van der Waals surface area contributed by atoms with Crippen molar-refractivity contribution in [1.82, 2.24) is 10.9 Å². The molecule has 1 aromatic carbocycles. The normalized spacial score (nSPS) is 21.7. The molecule has 3 nitrogen and oxygen atoms in total. The maximum atomic E-state index is 11.4. The fraction of sp³-hybridized carbons (Fsp3) is 0.364. The van der Waals surface area contributed by atoms with Gasteiger partial charge in [0.1, 0.15) is 0 Å². The van der Waals surface area contributed by atoms with E-state index in [-0.39, 0.29) is 11.8 Å². The summed E-state index contributed by atoms with van der Waals surface area (Å²) in [7, 11) is 0. The number of benzene rings is 1. The zero-order chi connectivity index (χ0) is 9.80. The van der Waals surface area contributed by atoms with Crippen LogP contribution in [-0.2, 0) is 11.2 Å². The van der Waals surface area contributed by atoms with Gasteiger partial charge < -0.3 is 0 Å². The SMILES string of the molecule is O=C1NNCCC1Cc1ccccc1. The molecule has 1 fully saturated rings. The molecule has 1 amide bonds. The van der Waals surface area contributed by atoms with E-state index in [4.69, 9.17) is 0 Å². The Morgan fingerprint density at radius 3 is 2.79 bits per heavy atom. The van der Waals surface area contributed by atoms with Gasteiger partial charge in [0, 0.05) is 12.5 Å². The Hall–Kier alpha value is -1.35. The summed E-state index contributed by atoms with van der Waals surface area (Å²) in [6.07, 6.45) is 1.76. The van der Waals surface area contributed by atoms with Crippen molar-refractivity contribution >= 4 is 5.91 Å². The Balaban J connectivity index is 2.00. The Morgan fingerprint density at radius 2 is 2.07 bits per heavy atom. The third kappa shape index (κ3) is 2.12. The fourth-order valence-corrected chi connectivity index (χ4v) is 1.72. The minimum absolute atomic E-state index is 0.111. The van der Waals surface area contributed by atoms with Gasteiger partial charge in [0.05, 0.1) is 0 Å². The maximum absolute atomic E-state index is 11.4. The first kappa shape index (κ1) is 9.21. The average molecular weight is 190 g/mol. The Labute approximate surface area is 83.5 Å². The molecular formula is C11H14N2O. The minimum Gasteiger partial charge on any atom is -0.291 e. The molecule has 14 heavy (non-hydrogen) atoms. The van der Waals surface area contributed by atoms with Crippen molar-refractivity contribution in [2.75, 3.05) is 6.54 Å². The summed E-state index contributed by atoms with van der Waals surface area (Å²) >= 11 is 0. The third-order valence-electron chi connectivity index (χ3n) is 2.53. The van der Waals surface area contributed by atoms with Gasteiger partial charge in [-0.2, -0.15) is 0 Å². The first-order valence-corrected chi connectivity index (χ1v) is 4.93. The summed E-state index contributed by atoms with van der Waals surface area (Å²) in [5.41, 5.74) is 6.75. The molecule has 0 aliphatic carbocycles. The van der Waals surface area contributed by atoms with Gasteiger partial charge in [-0.25, -0.2) is 5.43 Å². The number of hydrogen-bond donors (Lipinski definition) is 2. The monoisotopic (exact) mass is 190 g/mol. The molecule has 0 saturated carbocycles. The van der Waals surface area contributed by atoms with Gasteiger partial charge in [-0.1, -0.05) is 30.3 Å². The lowest BCUT2D eigenvalue weighted by Gasteiger charge is -2.22. The molecule has 3 heteroatoms. The van der Waals surface area contributed by atoms with E-state index in [1.807, 2.05) is 18.2 Å². The minimum atomic E-state index is 0.111. The highest BCUT2D eigenvalue weighted by molar-refractivity contribution is 5.79. The van der Waals surface area contributed by atoms with Crippen LogP contribution in [0.4, 0.5) is 0 Å². The van der Waals surface area contributed by atoms with E-state index < -0.39 is 0 Å². The largest absolute Gasteiger partial charge is 0.291 e. The number of nitrogens with one attached hydrogen (secondary N) is 2. The Kier molecular flexibility index (Phi) is 2.79. The fourth-order valence-electron chi connectivity index (χ4n) is 1.72. The predicted octanol–water partition coefficient (Wildman–Crippen LogP) is 0.870. The van der Waals surface area contributed by atoms with Gasteiger partial charge in [0.2, 0.25) is 5.91 Å². The van der Waals surface area contributed by atoms with Gasteiger partial charge in [0.25, 0.3) is 0 Å². The first-order chi connectivity index (χ1) is 6.86. The lowest BCUT2D eigenvalue weighted by atomic mass is 9.95. The van der Waals surface area contributed by atoms with Crippen molar-refractivity contribution in [3.8, 4) is 0 Å². The van der Waals surface area contributed by atoms with Crippen molar-refractivity contribution in [3.05, 3.63) is 35.9 Å². The first-order valence-electron chi connectivity index (χ1n) is 4.93. The molecule has 2 rings (SSSR count). The second-order valence-electron chi connectivity index (χ2n) is 3.59. The molecule has 1 atom stereocenters. The number of carbonyl (C=O) groups excluding carboxylic acids is 1. The third-order valence-corrected chi connectivity index (χ3v) is 2.53. The Morgan fingerprint density at radius 1 is 1.29 bits per heavy atom. The van der Waals surface area contributed by atoms with Crippen LogP contribution in [0.25, 0.3) is 0 Å². The molecule has 1 aliphatic rings. The predicted molar refractivity (Wildman–Crippen MR) is 54.4 cm³/mol. The second kappa shape index (κ2) is 4.24. The Bertz CT molecular complexity index is 310. The summed E-state index contributed by atoms with van der Waals surface area (Å²) in [6.45, 7) is 0.864. The zero-order valence-corrected chi connectivity index (χ0v) is 7.99. The molecule has 2 N–H and O–H groups in total. The van der Waals surface area contributed by atoms with Crippen molar-refractivity contribution in [2.45, 2.75) is 12.8 Å². The van der Waals surface area contributed by atoms with E-state index in [9.17, 15) is 4.79 Å². The van der Waals surface area contributed by atoms with E-state index in [2.05, 4.69) is 23.0 Å². The molecule has 0 bridgehead atoms. The van der Waals surface area contributed by atoms with Crippen LogP contribution in [0.5, 0.6) is 0 Å². The molecule has 1 aromatic rings. The van der Waals surface area contributed by atoms with Crippen LogP contribution in [0.2, 0.25) is 0 Å². The standard InChI is InChI=1S/C11H14N2O/c14-11-10(6-7-12-13-11)8-9-4-2-1-3-5-9/h1-5,10,12H,6-8H2,(H,13,14). The van der Waals surface area contributed by atoms with Crippen molar-refractivity contribution in [2.24, 2.45) is 5.92 Å². The smallest absolute Gasteiger partial charge is 0.237 e. The lowest BCUT2D eigenvalue weighted by molar-refractivity contribution is -0.127. The highest BCUT2D eigenvalue weighted by atomic mass is 16.2. The topological polar surface area (TPSA) is 41.1 Å². The van der Waals surface area contributed by atoms with Crippen LogP contribution in [-0.4, -0.2) is 12.5 Å². The van der Waals surface area contributed by atoms with Crippen molar-refractivity contribution in [3.63, 3.8) is 0 Å². The molecule has 1 heterocycles. The highest BCUT2D eigenvalue weighted by Gasteiger charge is 2.21. The van der Waals surface area contributed by atoms with Gasteiger partial charge >= 0.3 is 0 Å². The van der Waals surface area contributed by atoms with E-state index in [0.29, 0.717) is 0 Å².